The zero-order valence-electron chi connectivity index (χ0n) is 10.3. The first-order valence-corrected chi connectivity index (χ1v) is 6.25. The van der Waals surface area contributed by atoms with E-state index in [1.807, 2.05) is 6.92 Å². The largest absolute Gasteiger partial charge is 0.346 e. The number of aromatic nitrogens is 1. The van der Waals surface area contributed by atoms with Crippen molar-refractivity contribution in [3.63, 3.8) is 0 Å². The molecule has 1 aromatic heterocycles. The second-order valence-electron chi connectivity index (χ2n) is 5.08. The van der Waals surface area contributed by atoms with Crippen molar-refractivity contribution in [1.82, 2.24) is 10.3 Å². The van der Waals surface area contributed by atoms with Gasteiger partial charge in [0.2, 0.25) is 5.82 Å². The predicted octanol–water partition coefficient (Wildman–Crippen LogP) is 1.10. The Morgan fingerprint density at radius 1 is 1.56 bits per heavy atom. The molecule has 0 spiro atoms. The Kier molecular flexibility index (Phi) is 2.66. The number of rotatable bonds is 2. The van der Waals surface area contributed by atoms with Gasteiger partial charge in [0, 0.05) is 37.9 Å². The summed E-state index contributed by atoms with van der Waals surface area (Å²) < 4.78 is 0. The fourth-order valence-electron chi connectivity index (χ4n) is 3.01. The van der Waals surface area contributed by atoms with E-state index in [2.05, 4.69) is 15.2 Å². The minimum atomic E-state index is -0.328. The zero-order chi connectivity index (χ0) is 12.7. The second kappa shape index (κ2) is 4.20. The number of pyridine rings is 1. The lowest BCUT2D eigenvalue weighted by Crippen LogP contribution is -2.35. The van der Waals surface area contributed by atoms with E-state index in [0.29, 0.717) is 17.8 Å². The van der Waals surface area contributed by atoms with Crippen LogP contribution < -0.4 is 10.2 Å². The smallest absolute Gasteiger partial charge is 0.311 e. The van der Waals surface area contributed by atoms with Gasteiger partial charge < -0.3 is 10.2 Å². The van der Waals surface area contributed by atoms with Crippen molar-refractivity contribution in [1.29, 1.82) is 0 Å². The molecule has 2 saturated heterocycles. The van der Waals surface area contributed by atoms with E-state index in [1.54, 1.807) is 12.3 Å². The molecular formula is C12H16N4O2. The summed E-state index contributed by atoms with van der Waals surface area (Å²) >= 11 is 0. The number of nitrogens with one attached hydrogen (secondary N) is 1. The Labute approximate surface area is 105 Å². The monoisotopic (exact) mass is 248 g/mol. The normalized spacial score (nSPS) is 26.4. The highest BCUT2D eigenvalue weighted by Crippen LogP contribution is 2.35. The lowest BCUT2D eigenvalue weighted by atomic mass is 10.1. The molecule has 2 fully saturated rings. The molecule has 2 atom stereocenters. The van der Waals surface area contributed by atoms with Gasteiger partial charge in [-0.1, -0.05) is 0 Å². The van der Waals surface area contributed by atoms with Crippen molar-refractivity contribution >= 4 is 11.5 Å². The van der Waals surface area contributed by atoms with Crippen LogP contribution in [0.4, 0.5) is 11.5 Å². The van der Waals surface area contributed by atoms with Crippen molar-refractivity contribution in [2.45, 2.75) is 19.4 Å². The third kappa shape index (κ3) is 1.73. The van der Waals surface area contributed by atoms with Crippen molar-refractivity contribution in [3.8, 4) is 0 Å². The van der Waals surface area contributed by atoms with Crippen LogP contribution in [0.2, 0.25) is 0 Å². The SMILES string of the molecule is Cc1cnc(N2CC[C@H]3CNC[C@H]32)c([N+](=O)[O-])c1. The van der Waals surface area contributed by atoms with E-state index in [9.17, 15) is 10.1 Å². The van der Waals surface area contributed by atoms with Gasteiger partial charge in [-0.2, -0.15) is 0 Å². The first-order valence-electron chi connectivity index (χ1n) is 6.25. The summed E-state index contributed by atoms with van der Waals surface area (Å²) in [6, 6.07) is 1.97. The van der Waals surface area contributed by atoms with E-state index in [4.69, 9.17) is 0 Å². The summed E-state index contributed by atoms with van der Waals surface area (Å²) in [4.78, 5) is 17.2. The number of nitro groups is 1. The molecule has 0 amide bonds. The number of nitrogens with zero attached hydrogens (tertiary/aromatic N) is 3. The fraction of sp³-hybridized carbons (Fsp3) is 0.583. The summed E-state index contributed by atoms with van der Waals surface area (Å²) in [5.41, 5.74) is 0.952. The van der Waals surface area contributed by atoms with Gasteiger partial charge in [0.1, 0.15) is 0 Å². The molecular weight excluding hydrogens is 232 g/mol. The summed E-state index contributed by atoms with van der Waals surface area (Å²) in [6.07, 6.45) is 2.79. The quantitative estimate of drug-likeness (QED) is 0.626. The van der Waals surface area contributed by atoms with Crippen molar-refractivity contribution in [3.05, 3.63) is 27.9 Å². The number of hydrogen-bond donors (Lipinski definition) is 1. The molecule has 96 valence electrons. The molecule has 2 aliphatic rings. The molecule has 1 N–H and O–H groups in total. The number of aryl methyl sites for hydroxylation is 1. The standard InChI is InChI=1S/C12H16N4O2/c1-8-4-10(16(17)18)12(14-5-8)15-3-2-9-6-13-7-11(9)15/h4-5,9,11,13H,2-3,6-7H2,1H3/t9-,11+/m0/s1. The Morgan fingerprint density at radius 2 is 2.39 bits per heavy atom. The van der Waals surface area contributed by atoms with Crippen LogP contribution in [0.25, 0.3) is 0 Å². The van der Waals surface area contributed by atoms with Crippen LogP contribution in [-0.4, -0.2) is 35.6 Å². The van der Waals surface area contributed by atoms with Gasteiger partial charge in [0.15, 0.2) is 0 Å². The van der Waals surface area contributed by atoms with E-state index in [1.165, 1.54) is 0 Å². The van der Waals surface area contributed by atoms with Crippen LogP contribution in [0.15, 0.2) is 12.3 Å². The lowest BCUT2D eigenvalue weighted by Gasteiger charge is -2.24. The Morgan fingerprint density at radius 3 is 3.17 bits per heavy atom. The first kappa shape index (κ1) is 11.4. The highest BCUT2D eigenvalue weighted by Gasteiger charge is 2.40. The molecule has 0 bridgehead atoms. The van der Waals surface area contributed by atoms with Crippen LogP contribution in [0.3, 0.4) is 0 Å². The zero-order valence-corrected chi connectivity index (χ0v) is 10.3. The Hall–Kier alpha value is -1.69. The van der Waals surface area contributed by atoms with Gasteiger partial charge >= 0.3 is 5.69 Å². The minimum absolute atomic E-state index is 0.127. The van der Waals surface area contributed by atoms with Gasteiger partial charge in [-0.3, -0.25) is 10.1 Å². The maximum atomic E-state index is 11.1. The average Bonchev–Trinajstić information content (AvgIpc) is 2.91. The first-order chi connectivity index (χ1) is 8.66. The number of hydrogen-bond acceptors (Lipinski definition) is 5. The third-order valence-electron chi connectivity index (χ3n) is 3.90. The van der Waals surface area contributed by atoms with E-state index < -0.39 is 0 Å². The molecule has 0 saturated carbocycles. The summed E-state index contributed by atoms with van der Waals surface area (Å²) in [5, 5.41) is 14.5. The molecule has 0 unspecified atom stereocenters. The summed E-state index contributed by atoms with van der Waals surface area (Å²) in [6.45, 7) is 4.61. The maximum absolute atomic E-state index is 11.1. The second-order valence-corrected chi connectivity index (χ2v) is 5.08. The van der Waals surface area contributed by atoms with Crippen molar-refractivity contribution in [2.24, 2.45) is 5.92 Å². The fourth-order valence-corrected chi connectivity index (χ4v) is 3.01. The highest BCUT2D eigenvalue weighted by molar-refractivity contribution is 5.60. The maximum Gasteiger partial charge on any atom is 0.311 e. The molecule has 1 aromatic rings. The van der Waals surface area contributed by atoms with Gasteiger partial charge in [-0.25, -0.2) is 4.98 Å². The molecule has 18 heavy (non-hydrogen) atoms. The van der Waals surface area contributed by atoms with Gasteiger partial charge in [0.25, 0.3) is 0 Å². The van der Waals surface area contributed by atoms with Gasteiger partial charge in [0.05, 0.1) is 4.92 Å². The lowest BCUT2D eigenvalue weighted by molar-refractivity contribution is -0.384. The molecule has 3 heterocycles. The average molecular weight is 248 g/mol. The van der Waals surface area contributed by atoms with Crippen LogP contribution >= 0.6 is 0 Å². The summed E-state index contributed by atoms with van der Waals surface area (Å²) in [5.74, 6) is 1.13. The van der Waals surface area contributed by atoms with Crippen molar-refractivity contribution in [2.75, 3.05) is 24.5 Å². The number of anilines is 1. The molecule has 6 heteroatoms. The molecule has 6 nitrogen and oxygen atoms in total. The molecule has 0 aromatic carbocycles. The summed E-state index contributed by atoms with van der Waals surface area (Å²) in [7, 11) is 0. The topological polar surface area (TPSA) is 71.3 Å². The van der Waals surface area contributed by atoms with Crippen LogP contribution in [-0.2, 0) is 0 Å². The van der Waals surface area contributed by atoms with Gasteiger partial charge in [-0.15, -0.1) is 0 Å². The van der Waals surface area contributed by atoms with E-state index in [-0.39, 0.29) is 10.6 Å². The Balaban J connectivity index is 1.99. The van der Waals surface area contributed by atoms with Crippen LogP contribution in [0.5, 0.6) is 0 Å². The third-order valence-corrected chi connectivity index (χ3v) is 3.90. The minimum Gasteiger partial charge on any atom is -0.346 e. The molecule has 0 aliphatic carbocycles. The highest BCUT2D eigenvalue weighted by atomic mass is 16.6. The predicted molar refractivity (Wildman–Crippen MR) is 67.7 cm³/mol. The van der Waals surface area contributed by atoms with E-state index in [0.717, 1.165) is 31.6 Å². The number of fused-ring (bicyclic) bond motifs is 1. The van der Waals surface area contributed by atoms with Crippen LogP contribution in [0.1, 0.15) is 12.0 Å². The molecule has 2 aliphatic heterocycles. The van der Waals surface area contributed by atoms with Crippen LogP contribution in [0, 0.1) is 23.0 Å². The molecule has 0 radical (unpaired) electrons. The molecule has 3 rings (SSSR count). The van der Waals surface area contributed by atoms with E-state index >= 15 is 0 Å². The van der Waals surface area contributed by atoms with Gasteiger partial charge in [-0.05, 0) is 24.8 Å². The Bertz CT molecular complexity index is 491. The van der Waals surface area contributed by atoms with Crippen molar-refractivity contribution < 1.29 is 4.92 Å².